The molecule has 2 atom stereocenters. The summed E-state index contributed by atoms with van der Waals surface area (Å²) in [5.41, 5.74) is 8.41. The number of hydrogen-bond donors (Lipinski definition) is 2. The molecule has 0 radical (unpaired) electrons. The number of ether oxygens (including phenoxy) is 1. The van der Waals surface area contributed by atoms with Gasteiger partial charge in [0.2, 0.25) is 0 Å². The molecule has 0 bridgehead atoms. The minimum Gasteiger partial charge on any atom is -0.490 e. The van der Waals surface area contributed by atoms with Crippen LogP contribution in [0.15, 0.2) is 18.2 Å². The zero-order chi connectivity index (χ0) is 14.2. The Labute approximate surface area is 121 Å². The van der Waals surface area contributed by atoms with Gasteiger partial charge >= 0.3 is 0 Å². The molecule has 0 amide bonds. The average Bonchev–Trinajstić information content (AvgIpc) is 3.16. The maximum atomic E-state index is 9.84. The Bertz CT molecular complexity index is 478. The summed E-state index contributed by atoms with van der Waals surface area (Å²) in [6.07, 6.45) is 5.63. The molecule has 1 aromatic carbocycles. The fourth-order valence-corrected chi connectivity index (χ4v) is 3.42. The number of nitrogens with two attached hydrogens (primary N) is 1. The van der Waals surface area contributed by atoms with Crippen LogP contribution in [0.1, 0.15) is 36.8 Å². The van der Waals surface area contributed by atoms with Crippen LogP contribution in [0.5, 0.6) is 5.75 Å². The molecular weight excluding hydrogens is 250 g/mol. The lowest BCUT2D eigenvalue weighted by Gasteiger charge is -2.32. The van der Waals surface area contributed by atoms with Gasteiger partial charge in [-0.1, -0.05) is 30.5 Å². The molecule has 0 saturated heterocycles. The van der Waals surface area contributed by atoms with Crippen LogP contribution in [-0.4, -0.2) is 24.4 Å². The minimum atomic E-state index is -0.150. The van der Waals surface area contributed by atoms with Crippen LogP contribution in [0.3, 0.4) is 0 Å². The van der Waals surface area contributed by atoms with Crippen LogP contribution in [0.2, 0.25) is 0 Å². The van der Waals surface area contributed by atoms with E-state index in [1.54, 1.807) is 0 Å². The number of benzene rings is 1. The second-order valence-corrected chi connectivity index (χ2v) is 6.77. The van der Waals surface area contributed by atoms with Gasteiger partial charge in [-0.3, -0.25) is 0 Å². The van der Waals surface area contributed by atoms with Crippen molar-refractivity contribution in [3.63, 3.8) is 0 Å². The lowest BCUT2D eigenvalue weighted by molar-refractivity contribution is 0.0628. The largest absolute Gasteiger partial charge is 0.490 e. The topological polar surface area (TPSA) is 55.5 Å². The van der Waals surface area contributed by atoms with Gasteiger partial charge in [0, 0.05) is 18.4 Å². The highest BCUT2D eigenvalue weighted by molar-refractivity contribution is 5.40. The van der Waals surface area contributed by atoms with Gasteiger partial charge < -0.3 is 15.6 Å². The van der Waals surface area contributed by atoms with Crippen molar-refractivity contribution < 1.29 is 9.84 Å². The molecule has 3 rings (SSSR count). The molecule has 2 aliphatic rings. The number of aliphatic hydroxyl groups excluding tert-OH is 1. The summed E-state index contributed by atoms with van der Waals surface area (Å²) in [7, 11) is 0. The Morgan fingerprint density at radius 2 is 2.15 bits per heavy atom. The molecule has 1 aliphatic heterocycles. The third-order valence-corrected chi connectivity index (χ3v) is 4.80. The number of aliphatic hydroxyl groups is 1. The van der Waals surface area contributed by atoms with E-state index in [9.17, 15) is 5.11 Å². The van der Waals surface area contributed by atoms with Gasteiger partial charge in [0.1, 0.15) is 11.9 Å². The molecule has 1 heterocycles. The normalized spacial score (nSPS) is 24.1. The summed E-state index contributed by atoms with van der Waals surface area (Å²) in [5, 5.41) is 9.84. The minimum absolute atomic E-state index is 0.150. The standard InChI is InChI=1S/C17H25NO2/c1-12-2-5-16-14(6-12)7-15(20-16)9-17(10-18,11-19)8-13-3-4-13/h2,5-6,13,15,19H,3-4,7-11,18H2,1H3. The SMILES string of the molecule is Cc1ccc2c(c1)CC(CC(CN)(CO)CC1CC1)O2. The van der Waals surface area contributed by atoms with Crippen molar-refractivity contribution in [2.45, 2.75) is 45.1 Å². The van der Waals surface area contributed by atoms with E-state index < -0.39 is 0 Å². The fraction of sp³-hybridized carbons (Fsp3) is 0.647. The third-order valence-electron chi connectivity index (χ3n) is 4.80. The van der Waals surface area contributed by atoms with E-state index >= 15 is 0 Å². The van der Waals surface area contributed by atoms with E-state index in [-0.39, 0.29) is 18.1 Å². The Hall–Kier alpha value is -1.06. The van der Waals surface area contributed by atoms with E-state index in [0.717, 1.165) is 30.9 Å². The van der Waals surface area contributed by atoms with Gasteiger partial charge in [0.15, 0.2) is 0 Å². The zero-order valence-electron chi connectivity index (χ0n) is 12.3. The number of hydrogen-bond acceptors (Lipinski definition) is 3. The molecule has 1 aliphatic carbocycles. The molecule has 0 aromatic heterocycles. The zero-order valence-corrected chi connectivity index (χ0v) is 12.3. The van der Waals surface area contributed by atoms with E-state index in [2.05, 4.69) is 25.1 Å². The summed E-state index contributed by atoms with van der Waals surface area (Å²) in [4.78, 5) is 0. The first-order valence-electron chi connectivity index (χ1n) is 7.71. The first-order chi connectivity index (χ1) is 9.64. The van der Waals surface area contributed by atoms with Crippen molar-refractivity contribution in [1.82, 2.24) is 0 Å². The summed E-state index contributed by atoms with van der Waals surface area (Å²) < 4.78 is 6.06. The van der Waals surface area contributed by atoms with Crippen molar-refractivity contribution >= 4 is 0 Å². The van der Waals surface area contributed by atoms with Gasteiger partial charge in [-0.25, -0.2) is 0 Å². The molecule has 1 aromatic rings. The summed E-state index contributed by atoms with van der Waals surface area (Å²) >= 11 is 0. The molecule has 1 fully saturated rings. The Morgan fingerprint density at radius 1 is 1.35 bits per heavy atom. The van der Waals surface area contributed by atoms with E-state index in [1.165, 1.54) is 24.0 Å². The van der Waals surface area contributed by atoms with Crippen LogP contribution < -0.4 is 10.5 Å². The van der Waals surface area contributed by atoms with Crippen LogP contribution in [0.4, 0.5) is 0 Å². The van der Waals surface area contributed by atoms with Crippen LogP contribution >= 0.6 is 0 Å². The monoisotopic (exact) mass is 275 g/mol. The van der Waals surface area contributed by atoms with Crippen LogP contribution in [0.25, 0.3) is 0 Å². The second kappa shape index (κ2) is 5.38. The van der Waals surface area contributed by atoms with E-state index in [4.69, 9.17) is 10.5 Å². The molecule has 2 unspecified atom stereocenters. The van der Waals surface area contributed by atoms with Crippen molar-refractivity contribution in [1.29, 1.82) is 0 Å². The van der Waals surface area contributed by atoms with Gasteiger partial charge in [-0.2, -0.15) is 0 Å². The highest BCUT2D eigenvalue weighted by Gasteiger charge is 2.39. The van der Waals surface area contributed by atoms with Gasteiger partial charge in [0.25, 0.3) is 0 Å². The molecule has 3 N–H and O–H groups in total. The highest BCUT2D eigenvalue weighted by atomic mass is 16.5. The molecule has 20 heavy (non-hydrogen) atoms. The Morgan fingerprint density at radius 3 is 2.80 bits per heavy atom. The third kappa shape index (κ3) is 2.84. The predicted octanol–water partition coefficient (Wildman–Crippen LogP) is 2.43. The Kier molecular flexibility index (Phi) is 3.74. The van der Waals surface area contributed by atoms with E-state index in [1.807, 2.05) is 0 Å². The summed E-state index contributed by atoms with van der Waals surface area (Å²) in [6.45, 7) is 2.84. The lowest BCUT2D eigenvalue weighted by Crippen LogP contribution is -2.39. The molecule has 3 nitrogen and oxygen atoms in total. The van der Waals surface area contributed by atoms with Crippen molar-refractivity contribution in [3.8, 4) is 5.75 Å². The second-order valence-electron chi connectivity index (χ2n) is 6.77. The van der Waals surface area contributed by atoms with Crippen molar-refractivity contribution in [3.05, 3.63) is 29.3 Å². The number of fused-ring (bicyclic) bond motifs is 1. The first-order valence-corrected chi connectivity index (χ1v) is 7.71. The lowest BCUT2D eigenvalue weighted by atomic mass is 9.77. The summed E-state index contributed by atoms with van der Waals surface area (Å²) in [5.74, 6) is 1.78. The molecular formula is C17H25NO2. The van der Waals surface area contributed by atoms with Gasteiger partial charge in [-0.05, 0) is 37.3 Å². The maximum Gasteiger partial charge on any atom is 0.123 e. The number of aryl methyl sites for hydroxylation is 1. The van der Waals surface area contributed by atoms with Crippen LogP contribution in [0, 0.1) is 18.3 Å². The predicted molar refractivity (Wildman–Crippen MR) is 79.8 cm³/mol. The maximum absolute atomic E-state index is 9.84. The van der Waals surface area contributed by atoms with Gasteiger partial charge in [-0.15, -0.1) is 0 Å². The van der Waals surface area contributed by atoms with Crippen LogP contribution in [-0.2, 0) is 6.42 Å². The van der Waals surface area contributed by atoms with Crippen molar-refractivity contribution in [2.75, 3.05) is 13.2 Å². The average molecular weight is 275 g/mol. The summed E-state index contributed by atoms with van der Waals surface area (Å²) in [6, 6.07) is 6.36. The van der Waals surface area contributed by atoms with E-state index in [0.29, 0.717) is 6.54 Å². The molecule has 110 valence electrons. The van der Waals surface area contributed by atoms with Gasteiger partial charge in [0.05, 0.1) is 6.61 Å². The number of rotatable bonds is 6. The fourth-order valence-electron chi connectivity index (χ4n) is 3.42. The van der Waals surface area contributed by atoms with Crippen molar-refractivity contribution in [2.24, 2.45) is 17.1 Å². The quantitative estimate of drug-likeness (QED) is 0.838. The first kappa shape index (κ1) is 13.9. The highest BCUT2D eigenvalue weighted by Crippen LogP contribution is 2.44. The Balaban J connectivity index is 1.68. The molecule has 3 heteroatoms. The molecule has 0 spiro atoms. The smallest absolute Gasteiger partial charge is 0.123 e. The molecule has 1 saturated carbocycles.